The summed E-state index contributed by atoms with van der Waals surface area (Å²) in [6.45, 7) is 3.65. The van der Waals surface area contributed by atoms with E-state index in [1.165, 1.54) is 0 Å². The molecule has 2 nitrogen and oxygen atoms in total. The molecule has 3 heteroatoms. The maximum absolute atomic E-state index is 9.55. The van der Waals surface area contributed by atoms with Crippen molar-refractivity contribution in [1.29, 1.82) is 5.26 Å². The minimum Gasteiger partial charge on any atom is -0.508 e. The van der Waals surface area contributed by atoms with E-state index in [1.54, 1.807) is 19.1 Å². The average molecular weight is 240 g/mol. The van der Waals surface area contributed by atoms with Crippen molar-refractivity contribution >= 4 is 15.9 Å². The topological polar surface area (TPSA) is 44.0 Å². The molecule has 1 atom stereocenters. The van der Waals surface area contributed by atoms with Crippen LogP contribution < -0.4 is 0 Å². The molecule has 0 saturated heterocycles. The minimum atomic E-state index is -0.280. The molecule has 68 valence electrons. The van der Waals surface area contributed by atoms with E-state index in [0.717, 1.165) is 10.0 Å². The molecule has 0 aromatic heterocycles. The van der Waals surface area contributed by atoms with Crippen LogP contribution in [-0.2, 0) is 0 Å². The van der Waals surface area contributed by atoms with E-state index in [-0.39, 0.29) is 11.7 Å². The summed E-state index contributed by atoms with van der Waals surface area (Å²) in [7, 11) is 0. The van der Waals surface area contributed by atoms with Gasteiger partial charge in [0.25, 0.3) is 0 Å². The Balaban J connectivity index is 3.35. The van der Waals surface area contributed by atoms with Gasteiger partial charge in [0.1, 0.15) is 5.75 Å². The molecule has 0 radical (unpaired) electrons. The van der Waals surface area contributed by atoms with Gasteiger partial charge in [-0.2, -0.15) is 5.26 Å². The van der Waals surface area contributed by atoms with Crippen molar-refractivity contribution in [2.24, 2.45) is 0 Å². The van der Waals surface area contributed by atoms with Crippen molar-refractivity contribution < 1.29 is 5.11 Å². The zero-order chi connectivity index (χ0) is 10.0. The number of hydrogen-bond acceptors (Lipinski definition) is 2. The van der Waals surface area contributed by atoms with Gasteiger partial charge in [-0.15, -0.1) is 0 Å². The number of hydrogen-bond donors (Lipinski definition) is 1. The van der Waals surface area contributed by atoms with Crippen LogP contribution in [0.25, 0.3) is 0 Å². The summed E-state index contributed by atoms with van der Waals surface area (Å²) in [4.78, 5) is 0. The summed E-state index contributed by atoms with van der Waals surface area (Å²) in [6.07, 6.45) is 0. The van der Waals surface area contributed by atoms with Crippen molar-refractivity contribution in [1.82, 2.24) is 0 Å². The monoisotopic (exact) mass is 239 g/mol. The Bertz CT molecular complexity index is 368. The maximum atomic E-state index is 9.55. The molecule has 0 aliphatic rings. The molecule has 1 N–H and O–H groups in total. The highest BCUT2D eigenvalue weighted by Crippen LogP contribution is 2.32. The first kappa shape index (κ1) is 10.1. The van der Waals surface area contributed by atoms with Gasteiger partial charge in [0.05, 0.1) is 12.0 Å². The van der Waals surface area contributed by atoms with Gasteiger partial charge >= 0.3 is 0 Å². The van der Waals surface area contributed by atoms with Crippen LogP contribution in [0.4, 0.5) is 0 Å². The van der Waals surface area contributed by atoms with Gasteiger partial charge in [-0.05, 0) is 31.5 Å². The molecule has 1 unspecified atom stereocenters. The van der Waals surface area contributed by atoms with Crippen LogP contribution >= 0.6 is 15.9 Å². The predicted molar refractivity (Wildman–Crippen MR) is 54.6 cm³/mol. The lowest BCUT2D eigenvalue weighted by Gasteiger charge is -2.11. The van der Waals surface area contributed by atoms with Crippen molar-refractivity contribution in [3.8, 4) is 11.8 Å². The zero-order valence-electron chi connectivity index (χ0n) is 7.50. The van der Waals surface area contributed by atoms with Crippen LogP contribution in [0.3, 0.4) is 0 Å². The van der Waals surface area contributed by atoms with Crippen molar-refractivity contribution in [3.05, 3.63) is 27.7 Å². The molecular formula is C10H10BrNO. The Morgan fingerprint density at radius 2 is 2.15 bits per heavy atom. The highest BCUT2D eigenvalue weighted by molar-refractivity contribution is 9.10. The Labute approximate surface area is 85.9 Å². The summed E-state index contributed by atoms with van der Waals surface area (Å²) >= 11 is 3.36. The number of phenolic OH excluding ortho intramolecular Hbond substituents is 1. The molecule has 0 fully saturated rings. The van der Waals surface area contributed by atoms with Crippen LogP contribution in [0.5, 0.6) is 5.75 Å². The summed E-state index contributed by atoms with van der Waals surface area (Å²) in [5.74, 6) is -0.0905. The van der Waals surface area contributed by atoms with Gasteiger partial charge in [-0.25, -0.2) is 0 Å². The van der Waals surface area contributed by atoms with E-state index >= 15 is 0 Å². The zero-order valence-corrected chi connectivity index (χ0v) is 9.09. The summed E-state index contributed by atoms with van der Waals surface area (Å²) in [6, 6.07) is 5.48. The third-order valence-corrected chi connectivity index (χ3v) is 2.91. The second-order valence-electron chi connectivity index (χ2n) is 2.96. The normalized spacial score (nSPS) is 12.2. The first-order chi connectivity index (χ1) is 6.07. The van der Waals surface area contributed by atoms with Crippen LogP contribution in [0.15, 0.2) is 16.6 Å². The Kier molecular flexibility index (Phi) is 2.94. The lowest BCUT2D eigenvalue weighted by atomic mass is 9.97. The van der Waals surface area contributed by atoms with Crippen molar-refractivity contribution in [2.45, 2.75) is 19.8 Å². The van der Waals surface area contributed by atoms with Crippen LogP contribution in [0.2, 0.25) is 0 Å². The number of rotatable bonds is 1. The standard InChI is InChI=1S/C10H10BrNO/c1-6(5-12)10-7(2)8(11)3-4-9(10)13/h3-4,6,13H,1-2H3. The van der Waals surface area contributed by atoms with E-state index in [9.17, 15) is 5.11 Å². The van der Waals surface area contributed by atoms with Crippen molar-refractivity contribution in [3.63, 3.8) is 0 Å². The molecular weight excluding hydrogens is 230 g/mol. The summed E-state index contributed by atoms with van der Waals surface area (Å²) in [5, 5.41) is 18.3. The van der Waals surface area contributed by atoms with E-state index in [1.807, 2.05) is 6.92 Å². The van der Waals surface area contributed by atoms with E-state index in [2.05, 4.69) is 22.0 Å². The molecule has 13 heavy (non-hydrogen) atoms. The lowest BCUT2D eigenvalue weighted by Crippen LogP contribution is -1.95. The third kappa shape index (κ3) is 1.84. The van der Waals surface area contributed by atoms with Gasteiger partial charge in [0.2, 0.25) is 0 Å². The third-order valence-electron chi connectivity index (χ3n) is 2.05. The number of phenols is 1. The molecule has 1 rings (SSSR count). The smallest absolute Gasteiger partial charge is 0.120 e. The molecule has 0 bridgehead atoms. The molecule has 0 aliphatic carbocycles. The number of halogens is 1. The van der Waals surface area contributed by atoms with Gasteiger partial charge < -0.3 is 5.11 Å². The maximum Gasteiger partial charge on any atom is 0.120 e. The minimum absolute atomic E-state index is 0.190. The summed E-state index contributed by atoms with van der Waals surface area (Å²) < 4.78 is 0.919. The Morgan fingerprint density at radius 3 is 2.69 bits per heavy atom. The fraction of sp³-hybridized carbons (Fsp3) is 0.300. The molecule has 0 saturated carbocycles. The van der Waals surface area contributed by atoms with Gasteiger partial charge in [-0.3, -0.25) is 0 Å². The predicted octanol–water partition coefficient (Wildman–Crippen LogP) is 3.09. The van der Waals surface area contributed by atoms with Crippen molar-refractivity contribution in [2.75, 3.05) is 0 Å². The van der Waals surface area contributed by atoms with E-state index < -0.39 is 0 Å². The van der Waals surface area contributed by atoms with Gasteiger partial charge in [-0.1, -0.05) is 15.9 Å². The first-order valence-electron chi connectivity index (χ1n) is 3.95. The average Bonchev–Trinajstić information content (AvgIpc) is 2.12. The summed E-state index contributed by atoms with van der Waals surface area (Å²) in [5.41, 5.74) is 1.63. The molecule has 1 aromatic carbocycles. The van der Waals surface area contributed by atoms with Crippen LogP contribution in [-0.4, -0.2) is 5.11 Å². The second kappa shape index (κ2) is 3.80. The molecule has 0 aliphatic heterocycles. The first-order valence-corrected chi connectivity index (χ1v) is 4.74. The van der Waals surface area contributed by atoms with Crippen LogP contribution in [0, 0.1) is 18.3 Å². The quantitative estimate of drug-likeness (QED) is 0.819. The Hall–Kier alpha value is -1.01. The van der Waals surface area contributed by atoms with E-state index in [0.29, 0.717) is 5.56 Å². The SMILES string of the molecule is Cc1c(Br)ccc(O)c1C(C)C#N. The lowest BCUT2D eigenvalue weighted by molar-refractivity contribution is 0.466. The number of aromatic hydroxyl groups is 1. The number of benzene rings is 1. The van der Waals surface area contributed by atoms with Gasteiger partial charge in [0.15, 0.2) is 0 Å². The Morgan fingerprint density at radius 1 is 1.54 bits per heavy atom. The molecule has 0 heterocycles. The van der Waals surface area contributed by atoms with E-state index in [4.69, 9.17) is 5.26 Å². The number of nitriles is 1. The molecule has 0 amide bonds. The molecule has 1 aromatic rings. The molecule has 0 spiro atoms. The second-order valence-corrected chi connectivity index (χ2v) is 3.81. The highest BCUT2D eigenvalue weighted by atomic mass is 79.9. The number of nitrogens with zero attached hydrogens (tertiary/aromatic N) is 1. The largest absolute Gasteiger partial charge is 0.508 e. The fourth-order valence-corrected chi connectivity index (χ4v) is 1.64. The van der Waals surface area contributed by atoms with Crippen LogP contribution in [0.1, 0.15) is 24.0 Å². The van der Waals surface area contributed by atoms with Gasteiger partial charge in [0, 0.05) is 10.0 Å². The highest BCUT2D eigenvalue weighted by Gasteiger charge is 2.14. The fourth-order valence-electron chi connectivity index (χ4n) is 1.30.